The molecule has 2 aliphatic rings. The van der Waals surface area contributed by atoms with E-state index in [2.05, 4.69) is 6.07 Å². The zero-order valence-electron chi connectivity index (χ0n) is 12.3. The van der Waals surface area contributed by atoms with Crippen LogP contribution in [0.2, 0.25) is 0 Å². The Morgan fingerprint density at radius 1 is 1.35 bits per heavy atom. The zero-order valence-corrected chi connectivity index (χ0v) is 12.3. The molecule has 1 aromatic carbocycles. The van der Waals surface area contributed by atoms with E-state index >= 15 is 0 Å². The second-order valence-corrected chi connectivity index (χ2v) is 6.32. The molecule has 3 nitrogen and oxygen atoms in total. The van der Waals surface area contributed by atoms with E-state index in [1.54, 1.807) is 0 Å². The monoisotopic (exact) mass is 272 g/mol. The average molecular weight is 272 g/mol. The van der Waals surface area contributed by atoms with Crippen molar-refractivity contribution in [3.05, 3.63) is 23.3 Å². The second-order valence-electron chi connectivity index (χ2n) is 6.32. The molecule has 1 amide bonds. The number of rotatable bonds is 3. The summed E-state index contributed by atoms with van der Waals surface area (Å²) in [6.07, 6.45) is 8.05. The van der Waals surface area contributed by atoms with Crippen LogP contribution in [-0.2, 0) is 11.2 Å². The second kappa shape index (κ2) is 5.47. The molecule has 0 radical (unpaired) electrons. The van der Waals surface area contributed by atoms with Gasteiger partial charge in [-0.2, -0.15) is 0 Å². The highest BCUT2D eigenvalue weighted by Crippen LogP contribution is 2.34. The Morgan fingerprint density at radius 3 is 2.85 bits per heavy atom. The lowest BCUT2D eigenvalue weighted by molar-refractivity contribution is -0.118. The third-order valence-electron chi connectivity index (χ3n) is 4.91. The normalized spacial score (nSPS) is 18.6. The van der Waals surface area contributed by atoms with Crippen molar-refractivity contribution < 1.29 is 4.79 Å². The minimum Gasteiger partial charge on any atom is -0.398 e. The number of aryl methyl sites for hydroxylation is 1. The van der Waals surface area contributed by atoms with Crippen LogP contribution in [0, 0.1) is 12.8 Å². The fourth-order valence-corrected chi connectivity index (χ4v) is 3.60. The van der Waals surface area contributed by atoms with Crippen LogP contribution >= 0.6 is 0 Å². The van der Waals surface area contributed by atoms with Gasteiger partial charge in [0.1, 0.15) is 0 Å². The minimum absolute atomic E-state index is 0.277. The Labute approximate surface area is 121 Å². The summed E-state index contributed by atoms with van der Waals surface area (Å²) in [5, 5.41) is 0. The molecule has 0 bridgehead atoms. The van der Waals surface area contributed by atoms with Crippen molar-refractivity contribution in [1.82, 2.24) is 0 Å². The number of benzene rings is 1. The molecule has 1 aromatic rings. The summed E-state index contributed by atoms with van der Waals surface area (Å²) in [7, 11) is 0. The van der Waals surface area contributed by atoms with Crippen LogP contribution in [0.25, 0.3) is 0 Å². The fourth-order valence-electron chi connectivity index (χ4n) is 3.60. The molecule has 1 fully saturated rings. The first-order valence-electron chi connectivity index (χ1n) is 7.84. The smallest absolute Gasteiger partial charge is 0.227 e. The highest BCUT2D eigenvalue weighted by Gasteiger charge is 2.26. The van der Waals surface area contributed by atoms with Crippen LogP contribution in [0.5, 0.6) is 0 Å². The van der Waals surface area contributed by atoms with E-state index in [0.29, 0.717) is 6.42 Å². The summed E-state index contributed by atoms with van der Waals surface area (Å²) in [6, 6.07) is 4.11. The van der Waals surface area contributed by atoms with Gasteiger partial charge in [-0.05, 0) is 42.9 Å². The number of carbonyl (C=O) groups excluding carboxylic acids is 1. The number of nitrogens with two attached hydrogens (primary N) is 1. The van der Waals surface area contributed by atoms with Gasteiger partial charge >= 0.3 is 0 Å². The lowest BCUT2D eigenvalue weighted by Gasteiger charge is -2.19. The van der Waals surface area contributed by atoms with E-state index < -0.39 is 0 Å². The topological polar surface area (TPSA) is 46.3 Å². The van der Waals surface area contributed by atoms with Gasteiger partial charge in [-0.25, -0.2) is 0 Å². The van der Waals surface area contributed by atoms with E-state index in [1.807, 2.05) is 17.9 Å². The van der Waals surface area contributed by atoms with Crippen molar-refractivity contribution in [3.63, 3.8) is 0 Å². The molecule has 20 heavy (non-hydrogen) atoms. The predicted molar refractivity (Wildman–Crippen MR) is 82.8 cm³/mol. The van der Waals surface area contributed by atoms with Crippen molar-refractivity contribution in [2.45, 2.75) is 51.9 Å². The molecule has 2 N–H and O–H groups in total. The molecule has 108 valence electrons. The standard InChI is InChI=1S/C17H24N2O/c1-12-10-14-8-9-19(16(14)11-15(12)18)17(20)7-6-13-4-2-3-5-13/h10-11,13H,2-9,18H2,1H3. The number of hydrogen-bond donors (Lipinski definition) is 1. The van der Waals surface area contributed by atoms with Gasteiger partial charge < -0.3 is 10.6 Å². The number of carbonyl (C=O) groups is 1. The van der Waals surface area contributed by atoms with Crippen LogP contribution in [0.1, 0.15) is 49.7 Å². The van der Waals surface area contributed by atoms with Gasteiger partial charge in [-0.15, -0.1) is 0 Å². The maximum Gasteiger partial charge on any atom is 0.227 e. The van der Waals surface area contributed by atoms with E-state index in [0.717, 1.165) is 42.2 Å². The molecule has 0 spiro atoms. The molecule has 3 heteroatoms. The maximum absolute atomic E-state index is 12.4. The van der Waals surface area contributed by atoms with Crippen molar-refractivity contribution in [1.29, 1.82) is 0 Å². The largest absolute Gasteiger partial charge is 0.398 e. The van der Waals surface area contributed by atoms with Crippen LogP contribution in [0.3, 0.4) is 0 Å². The summed E-state index contributed by atoms with van der Waals surface area (Å²) < 4.78 is 0. The Bertz CT molecular complexity index is 518. The quantitative estimate of drug-likeness (QED) is 0.857. The highest BCUT2D eigenvalue weighted by atomic mass is 16.2. The van der Waals surface area contributed by atoms with Crippen LogP contribution in [-0.4, -0.2) is 12.5 Å². The molecular weight excluding hydrogens is 248 g/mol. The summed E-state index contributed by atoms with van der Waals surface area (Å²) in [6.45, 7) is 2.85. The number of nitrogens with zero attached hydrogens (tertiary/aromatic N) is 1. The van der Waals surface area contributed by atoms with Gasteiger partial charge in [0, 0.05) is 24.3 Å². The first kappa shape index (κ1) is 13.5. The number of nitrogen functional groups attached to an aromatic ring is 1. The highest BCUT2D eigenvalue weighted by molar-refractivity contribution is 5.96. The Balaban J connectivity index is 1.67. The molecule has 1 saturated carbocycles. The Hall–Kier alpha value is -1.51. The molecule has 1 heterocycles. The molecule has 0 atom stereocenters. The van der Waals surface area contributed by atoms with Crippen LogP contribution in [0.4, 0.5) is 11.4 Å². The fraction of sp³-hybridized carbons (Fsp3) is 0.588. The molecule has 3 rings (SSSR count). The lowest BCUT2D eigenvalue weighted by Crippen LogP contribution is -2.29. The van der Waals surface area contributed by atoms with E-state index in [9.17, 15) is 4.79 Å². The lowest BCUT2D eigenvalue weighted by atomic mass is 10.0. The van der Waals surface area contributed by atoms with Gasteiger partial charge in [0.25, 0.3) is 0 Å². The van der Waals surface area contributed by atoms with Gasteiger partial charge in [0.05, 0.1) is 0 Å². The number of anilines is 2. The molecular formula is C17H24N2O. The van der Waals surface area contributed by atoms with Gasteiger partial charge in [0.2, 0.25) is 5.91 Å². The number of hydrogen-bond acceptors (Lipinski definition) is 2. The van der Waals surface area contributed by atoms with Crippen LogP contribution < -0.4 is 10.6 Å². The number of fused-ring (bicyclic) bond motifs is 1. The van der Waals surface area contributed by atoms with Crippen molar-refractivity contribution in [2.24, 2.45) is 5.92 Å². The van der Waals surface area contributed by atoms with Gasteiger partial charge in [-0.1, -0.05) is 31.7 Å². The first-order chi connectivity index (χ1) is 9.65. The Morgan fingerprint density at radius 2 is 2.10 bits per heavy atom. The summed E-state index contributed by atoms with van der Waals surface area (Å²) in [5.74, 6) is 1.06. The zero-order chi connectivity index (χ0) is 14.1. The van der Waals surface area contributed by atoms with Crippen molar-refractivity contribution in [2.75, 3.05) is 17.2 Å². The third-order valence-corrected chi connectivity index (χ3v) is 4.91. The van der Waals surface area contributed by atoms with Crippen LogP contribution in [0.15, 0.2) is 12.1 Å². The maximum atomic E-state index is 12.4. The van der Waals surface area contributed by atoms with Crippen molar-refractivity contribution in [3.8, 4) is 0 Å². The van der Waals surface area contributed by atoms with E-state index in [1.165, 1.54) is 31.2 Å². The molecule has 0 aromatic heterocycles. The molecule has 0 unspecified atom stereocenters. The molecule has 0 saturated heterocycles. The van der Waals surface area contributed by atoms with Gasteiger partial charge in [-0.3, -0.25) is 4.79 Å². The molecule has 1 aliphatic carbocycles. The summed E-state index contributed by atoms with van der Waals surface area (Å²) in [4.78, 5) is 14.4. The predicted octanol–water partition coefficient (Wildman–Crippen LogP) is 3.44. The van der Waals surface area contributed by atoms with Gasteiger partial charge in [0.15, 0.2) is 0 Å². The molecule has 1 aliphatic heterocycles. The Kier molecular flexibility index (Phi) is 3.68. The summed E-state index contributed by atoms with van der Waals surface area (Å²) >= 11 is 0. The SMILES string of the molecule is Cc1cc2c(cc1N)N(C(=O)CCC1CCCC1)CC2. The first-order valence-corrected chi connectivity index (χ1v) is 7.84. The average Bonchev–Trinajstić information content (AvgIpc) is 3.06. The number of amides is 1. The minimum atomic E-state index is 0.277. The summed E-state index contributed by atoms with van der Waals surface area (Å²) in [5.41, 5.74) is 10.2. The van der Waals surface area contributed by atoms with E-state index in [-0.39, 0.29) is 5.91 Å². The van der Waals surface area contributed by atoms with E-state index in [4.69, 9.17) is 5.73 Å². The van der Waals surface area contributed by atoms with Crippen molar-refractivity contribution >= 4 is 17.3 Å². The third kappa shape index (κ3) is 2.54.